The number of amides is 2. The SMILES string of the molecule is CC(C)c1nc2ccc(NC(=O)[C@@H]3CC(=O)N(Cc4ccccn4)C3)cc2s1. The molecule has 1 N–H and O–H groups in total. The number of carbonyl (C=O) groups excluding carboxylic acids is 2. The molecule has 4 rings (SSSR count). The van der Waals surface area contributed by atoms with Crippen LogP contribution < -0.4 is 5.32 Å². The Hall–Kier alpha value is -2.80. The molecule has 1 saturated heterocycles. The van der Waals surface area contributed by atoms with Gasteiger partial charge in [0.05, 0.1) is 33.4 Å². The molecule has 3 heterocycles. The highest BCUT2D eigenvalue weighted by Gasteiger charge is 2.34. The first-order valence-electron chi connectivity index (χ1n) is 9.38. The largest absolute Gasteiger partial charge is 0.336 e. The van der Waals surface area contributed by atoms with Crippen LogP contribution >= 0.6 is 11.3 Å². The molecule has 0 bridgehead atoms. The van der Waals surface area contributed by atoms with Crippen molar-refractivity contribution in [3.05, 3.63) is 53.3 Å². The van der Waals surface area contributed by atoms with E-state index in [2.05, 4.69) is 29.1 Å². The number of aromatic nitrogens is 2. The number of nitrogens with one attached hydrogen (secondary N) is 1. The Morgan fingerprint density at radius 1 is 1.32 bits per heavy atom. The summed E-state index contributed by atoms with van der Waals surface area (Å²) < 4.78 is 1.06. The first-order chi connectivity index (χ1) is 13.5. The maximum absolute atomic E-state index is 12.7. The first kappa shape index (κ1) is 18.6. The van der Waals surface area contributed by atoms with Crippen molar-refractivity contribution in [2.45, 2.75) is 32.7 Å². The van der Waals surface area contributed by atoms with Crippen LogP contribution in [0.4, 0.5) is 5.69 Å². The van der Waals surface area contributed by atoms with E-state index in [0.717, 1.165) is 26.6 Å². The van der Waals surface area contributed by atoms with E-state index >= 15 is 0 Å². The van der Waals surface area contributed by atoms with E-state index in [4.69, 9.17) is 0 Å². The van der Waals surface area contributed by atoms with Crippen LogP contribution in [0.2, 0.25) is 0 Å². The monoisotopic (exact) mass is 394 g/mol. The minimum atomic E-state index is -0.348. The molecule has 1 aliphatic heterocycles. The molecule has 0 radical (unpaired) electrons. The molecular weight excluding hydrogens is 372 g/mol. The van der Waals surface area contributed by atoms with E-state index in [-0.39, 0.29) is 24.2 Å². The fourth-order valence-corrected chi connectivity index (χ4v) is 4.31. The fourth-order valence-electron chi connectivity index (χ4n) is 3.30. The second-order valence-electron chi connectivity index (χ2n) is 7.37. The summed E-state index contributed by atoms with van der Waals surface area (Å²) in [6.45, 7) is 5.10. The highest BCUT2D eigenvalue weighted by atomic mass is 32.1. The van der Waals surface area contributed by atoms with Gasteiger partial charge in [-0.15, -0.1) is 11.3 Å². The number of rotatable bonds is 5. The maximum atomic E-state index is 12.7. The zero-order chi connectivity index (χ0) is 19.7. The second kappa shape index (κ2) is 7.67. The van der Waals surface area contributed by atoms with Crippen molar-refractivity contribution in [3.63, 3.8) is 0 Å². The van der Waals surface area contributed by atoms with Gasteiger partial charge >= 0.3 is 0 Å². The van der Waals surface area contributed by atoms with Crippen molar-refractivity contribution in [1.29, 1.82) is 0 Å². The van der Waals surface area contributed by atoms with Crippen molar-refractivity contribution < 1.29 is 9.59 Å². The molecule has 0 unspecified atom stereocenters. The third-order valence-electron chi connectivity index (χ3n) is 4.83. The molecule has 1 fully saturated rings. The van der Waals surface area contributed by atoms with Crippen LogP contribution in [0.15, 0.2) is 42.6 Å². The van der Waals surface area contributed by atoms with Crippen LogP contribution in [0, 0.1) is 5.92 Å². The lowest BCUT2D eigenvalue weighted by molar-refractivity contribution is -0.128. The van der Waals surface area contributed by atoms with Crippen molar-refractivity contribution >= 4 is 39.1 Å². The van der Waals surface area contributed by atoms with Crippen molar-refractivity contribution in [2.75, 3.05) is 11.9 Å². The summed E-state index contributed by atoms with van der Waals surface area (Å²) in [5.74, 6) is -0.0975. The van der Waals surface area contributed by atoms with Crippen LogP contribution in [0.5, 0.6) is 0 Å². The number of fused-ring (bicyclic) bond motifs is 1. The number of hydrogen-bond donors (Lipinski definition) is 1. The molecule has 0 saturated carbocycles. The lowest BCUT2D eigenvalue weighted by Crippen LogP contribution is -2.28. The van der Waals surface area contributed by atoms with Gasteiger partial charge in [0.15, 0.2) is 0 Å². The minimum Gasteiger partial charge on any atom is -0.336 e. The maximum Gasteiger partial charge on any atom is 0.229 e. The van der Waals surface area contributed by atoms with E-state index in [1.807, 2.05) is 36.4 Å². The summed E-state index contributed by atoms with van der Waals surface area (Å²) in [7, 11) is 0. The molecule has 2 aromatic heterocycles. The predicted octanol–water partition coefficient (Wildman–Crippen LogP) is 3.80. The van der Waals surface area contributed by atoms with Gasteiger partial charge in [0.1, 0.15) is 0 Å². The molecule has 1 aliphatic rings. The molecule has 144 valence electrons. The Balaban J connectivity index is 1.42. The van der Waals surface area contributed by atoms with Gasteiger partial charge in [-0.05, 0) is 30.3 Å². The van der Waals surface area contributed by atoms with Crippen LogP contribution in [0.1, 0.15) is 36.9 Å². The van der Waals surface area contributed by atoms with Gasteiger partial charge < -0.3 is 10.2 Å². The Morgan fingerprint density at radius 2 is 2.18 bits per heavy atom. The lowest BCUT2D eigenvalue weighted by Gasteiger charge is -2.16. The van der Waals surface area contributed by atoms with Gasteiger partial charge in [0, 0.05) is 30.8 Å². The summed E-state index contributed by atoms with van der Waals surface area (Å²) in [6.07, 6.45) is 1.94. The molecular formula is C21H22N4O2S. The molecule has 3 aromatic rings. The Morgan fingerprint density at radius 3 is 2.93 bits per heavy atom. The molecule has 7 heteroatoms. The summed E-state index contributed by atoms with van der Waals surface area (Å²) in [6, 6.07) is 11.4. The number of nitrogens with zero attached hydrogens (tertiary/aromatic N) is 3. The normalized spacial score (nSPS) is 16.9. The Bertz CT molecular complexity index is 1020. The summed E-state index contributed by atoms with van der Waals surface area (Å²) in [5.41, 5.74) is 2.52. The summed E-state index contributed by atoms with van der Waals surface area (Å²) >= 11 is 1.65. The van der Waals surface area contributed by atoms with E-state index in [1.54, 1.807) is 22.4 Å². The van der Waals surface area contributed by atoms with Crippen LogP contribution in [0.3, 0.4) is 0 Å². The molecule has 28 heavy (non-hydrogen) atoms. The first-order valence-corrected chi connectivity index (χ1v) is 10.2. The van der Waals surface area contributed by atoms with Crippen LogP contribution in [0.25, 0.3) is 10.2 Å². The number of benzene rings is 1. The van der Waals surface area contributed by atoms with E-state index in [9.17, 15) is 9.59 Å². The topological polar surface area (TPSA) is 75.2 Å². The van der Waals surface area contributed by atoms with Gasteiger partial charge in [-0.2, -0.15) is 0 Å². The molecule has 1 aromatic carbocycles. The number of hydrogen-bond acceptors (Lipinski definition) is 5. The lowest BCUT2D eigenvalue weighted by atomic mass is 10.1. The summed E-state index contributed by atoms with van der Waals surface area (Å²) in [4.78, 5) is 35.6. The average Bonchev–Trinajstić information content (AvgIpc) is 3.26. The smallest absolute Gasteiger partial charge is 0.229 e. The minimum absolute atomic E-state index is 0.00899. The van der Waals surface area contributed by atoms with Crippen molar-refractivity contribution in [1.82, 2.24) is 14.9 Å². The third-order valence-corrected chi connectivity index (χ3v) is 6.15. The average molecular weight is 395 g/mol. The Labute approximate surface area is 167 Å². The number of likely N-dealkylation sites (tertiary alicyclic amines) is 1. The zero-order valence-electron chi connectivity index (χ0n) is 15.9. The summed E-state index contributed by atoms with van der Waals surface area (Å²) in [5, 5.41) is 4.05. The zero-order valence-corrected chi connectivity index (χ0v) is 16.7. The molecule has 2 amide bonds. The number of thiazole rings is 1. The van der Waals surface area contributed by atoms with E-state index in [1.165, 1.54) is 0 Å². The van der Waals surface area contributed by atoms with Gasteiger partial charge in [-0.1, -0.05) is 19.9 Å². The number of pyridine rings is 1. The van der Waals surface area contributed by atoms with E-state index in [0.29, 0.717) is 19.0 Å². The van der Waals surface area contributed by atoms with Crippen LogP contribution in [-0.2, 0) is 16.1 Å². The molecule has 6 nitrogen and oxygen atoms in total. The highest BCUT2D eigenvalue weighted by Crippen LogP contribution is 2.30. The van der Waals surface area contributed by atoms with Gasteiger partial charge in [0.25, 0.3) is 0 Å². The standard InChI is InChI=1S/C21H22N4O2S/c1-13(2)21-24-17-7-6-15(10-18(17)28-21)23-20(27)14-9-19(26)25(11-14)12-16-5-3-4-8-22-16/h3-8,10,13-14H,9,11-12H2,1-2H3,(H,23,27)/t14-/m1/s1. The molecule has 1 atom stereocenters. The Kier molecular flexibility index (Phi) is 5.09. The number of anilines is 1. The van der Waals surface area contributed by atoms with E-state index < -0.39 is 0 Å². The van der Waals surface area contributed by atoms with Gasteiger partial charge in [-0.3, -0.25) is 14.6 Å². The van der Waals surface area contributed by atoms with Gasteiger partial charge in [0.2, 0.25) is 11.8 Å². The van der Waals surface area contributed by atoms with Crippen molar-refractivity contribution in [3.8, 4) is 0 Å². The quantitative estimate of drug-likeness (QED) is 0.714. The molecule has 0 aliphatic carbocycles. The fraction of sp³-hybridized carbons (Fsp3) is 0.333. The third kappa shape index (κ3) is 3.89. The van der Waals surface area contributed by atoms with Crippen molar-refractivity contribution in [2.24, 2.45) is 5.92 Å². The van der Waals surface area contributed by atoms with Crippen LogP contribution in [-0.4, -0.2) is 33.2 Å². The second-order valence-corrected chi connectivity index (χ2v) is 8.44. The predicted molar refractivity (Wildman–Crippen MR) is 110 cm³/mol. The highest BCUT2D eigenvalue weighted by molar-refractivity contribution is 7.18. The molecule has 0 spiro atoms. The number of carbonyl (C=O) groups is 2. The van der Waals surface area contributed by atoms with Gasteiger partial charge in [-0.25, -0.2) is 4.98 Å².